The van der Waals surface area contributed by atoms with Crippen LogP contribution in [0.4, 0.5) is 0 Å². The van der Waals surface area contributed by atoms with Gasteiger partial charge in [0.2, 0.25) is 4.80 Å². The molecule has 2 aromatic carbocycles. The number of hydrogen-bond donors (Lipinski definition) is 0. The molecule has 0 amide bonds. The molecule has 3 aromatic rings. The van der Waals surface area contributed by atoms with Gasteiger partial charge in [-0.3, -0.25) is 0 Å². The predicted molar refractivity (Wildman–Crippen MR) is 94.1 cm³/mol. The van der Waals surface area contributed by atoms with Crippen molar-refractivity contribution in [1.29, 1.82) is 0 Å². The van der Waals surface area contributed by atoms with Crippen LogP contribution >= 0.6 is 11.3 Å². The quantitative estimate of drug-likeness (QED) is 0.725. The zero-order valence-electron chi connectivity index (χ0n) is 13.1. The van der Waals surface area contributed by atoms with Gasteiger partial charge < -0.3 is 4.57 Å². The van der Waals surface area contributed by atoms with Crippen molar-refractivity contribution < 1.29 is 8.42 Å². The SMILES string of the molecule is CCc1cccc2s/c(=N\S(=O)(=O)c3ccccc3)n(CC)c12. The van der Waals surface area contributed by atoms with Gasteiger partial charge in [-0.25, -0.2) is 0 Å². The number of rotatable bonds is 4. The molecule has 3 rings (SSSR count). The molecule has 0 aliphatic heterocycles. The Balaban J connectivity index is 2.28. The first-order valence-electron chi connectivity index (χ1n) is 7.54. The van der Waals surface area contributed by atoms with Crippen LogP contribution in [0.3, 0.4) is 0 Å². The van der Waals surface area contributed by atoms with Crippen molar-refractivity contribution in [2.45, 2.75) is 31.7 Å². The second-order valence-corrected chi connectivity index (χ2v) is 7.74. The maximum atomic E-state index is 12.5. The number of fused-ring (bicyclic) bond motifs is 1. The van der Waals surface area contributed by atoms with E-state index in [0.29, 0.717) is 11.3 Å². The minimum Gasteiger partial charge on any atom is -0.316 e. The van der Waals surface area contributed by atoms with Gasteiger partial charge in [0.1, 0.15) is 0 Å². The standard InChI is InChI=1S/C17H18N2O2S2/c1-3-13-9-8-12-15-16(13)19(4-2)17(22-15)18-23(20,21)14-10-6-5-7-11-14/h5-12H,3-4H2,1-2H3/b18-17-. The van der Waals surface area contributed by atoms with Crippen molar-refractivity contribution >= 4 is 31.6 Å². The first kappa shape index (κ1) is 16.0. The highest BCUT2D eigenvalue weighted by Crippen LogP contribution is 2.22. The summed E-state index contributed by atoms with van der Waals surface area (Å²) in [4.78, 5) is 0.739. The predicted octanol–water partition coefficient (Wildman–Crippen LogP) is 3.57. The number of nitrogens with zero attached hydrogens (tertiary/aromatic N) is 2. The molecule has 1 heterocycles. The Morgan fingerprint density at radius 2 is 1.78 bits per heavy atom. The first-order valence-corrected chi connectivity index (χ1v) is 9.79. The van der Waals surface area contributed by atoms with Crippen LogP contribution in [0.5, 0.6) is 0 Å². The number of sulfonamides is 1. The van der Waals surface area contributed by atoms with Crippen LogP contribution in [0.15, 0.2) is 57.8 Å². The fraction of sp³-hybridized carbons (Fsp3) is 0.235. The van der Waals surface area contributed by atoms with Gasteiger partial charge in [0, 0.05) is 6.54 Å². The summed E-state index contributed by atoms with van der Waals surface area (Å²) in [6.07, 6.45) is 0.902. The van der Waals surface area contributed by atoms with Crippen LogP contribution in [-0.4, -0.2) is 13.0 Å². The molecule has 0 spiro atoms. The van der Waals surface area contributed by atoms with Gasteiger partial charge in [-0.1, -0.05) is 48.6 Å². The number of aryl methyl sites for hydroxylation is 2. The van der Waals surface area contributed by atoms with Crippen LogP contribution in [0.2, 0.25) is 0 Å². The molecule has 4 nitrogen and oxygen atoms in total. The normalized spacial score (nSPS) is 12.9. The smallest absolute Gasteiger partial charge is 0.285 e. The Bertz CT molecular complexity index is 1000. The van der Waals surface area contributed by atoms with E-state index in [1.54, 1.807) is 30.3 Å². The van der Waals surface area contributed by atoms with Gasteiger partial charge in [0.05, 0.1) is 15.1 Å². The summed E-state index contributed by atoms with van der Waals surface area (Å²) < 4.78 is 32.2. The Hall–Kier alpha value is -1.92. The summed E-state index contributed by atoms with van der Waals surface area (Å²) in [6, 6.07) is 14.4. The average Bonchev–Trinajstić information content (AvgIpc) is 2.91. The van der Waals surface area contributed by atoms with Gasteiger partial charge in [-0.2, -0.15) is 8.42 Å². The lowest BCUT2D eigenvalue weighted by atomic mass is 10.1. The number of thiazole rings is 1. The van der Waals surface area contributed by atoms with Gasteiger partial charge in [0.15, 0.2) is 0 Å². The highest BCUT2D eigenvalue weighted by atomic mass is 32.2. The topological polar surface area (TPSA) is 51.4 Å². The fourth-order valence-electron chi connectivity index (χ4n) is 2.60. The number of para-hydroxylation sites is 1. The van der Waals surface area contributed by atoms with Crippen LogP contribution in [0.25, 0.3) is 10.2 Å². The molecule has 120 valence electrons. The number of hydrogen-bond acceptors (Lipinski definition) is 3. The Kier molecular flexibility index (Phi) is 4.37. The van der Waals surface area contributed by atoms with Gasteiger partial charge in [-0.15, -0.1) is 4.40 Å². The van der Waals surface area contributed by atoms with Crippen molar-refractivity contribution in [3.63, 3.8) is 0 Å². The monoisotopic (exact) mass is 346 g/mol. The van der Waals surface area contributed by atoms with Crippen molar-refractivity contribution in [2.24, 2.45) is 4.40 Å². The summed E-state index contributed by atoms with van der Waals surface area (Å²) in [5.41, 5.74) is 2.30. The highest BCUT2D eigenvalue weighted by Gasteiger charge is 2.14. The van der Waals surface area contributed by atoms with Crippen LogP contribution < -0.4 is 4.80 Å². The van der Waals surface area contributed by atoms with Crippen molar-refractivity contribution in [3.05, 3.63) is 58.9 Å². The van der Waals surface area contributed by atoms with E-state index >= 15 is 0 Å². The second-order valence-electron chi connectivity index (χ2n) is 5.13. The molecule has 0 N–H and O–H groups in total. The summed E-state index contributed by atoms with van der Waals surface area (Å²) in [5, 5.41) is 0. The Morgan fingerprint density at radius 1 is 1.04 bits per heavy atom. The van der Waals surface area contributed by atoms with Crippen molar-refractivity contribution in [2.75, 3.05) is 0 Å². The minimum absolute atomic E-state index is 0.218. The molecule has 0 bridgehead atoms. The molecule has 0 saturated heterocycles. The highest BCUT2D eigenvalue weighted by molar-refractivity contribution is 7.90. The van der Waals surface area contributed by atoms with Crippen LogP contribution in [-0.2, 0) is 23.0 Å². The van der Waals surface area contributed by atoms with E-state index in [-0.39, 0.29) is 4.90 Å². The summed E-state index contributed by atoms with van der Waals surface area (Å²) >= 11 is 1.42. The van der Waals surface area contributed by atoms with Crippen LogP contribution in [0.1, 0.15) is 19.4 Å². The molecule has 0 fully saturated rings. The molecule has 0 saturated carbocycles. The van der Waals surface area contributed by atoms with Gasteiger partial charge in [-0.05, 0) is 37.1 Å². The average molecular weight is 346 g/mol. The maximum absolute atomic E-state index is 12.5. The van der Waals surface area contributed by atoms with Crippen molar-refractivity contribution in [3.8, 4) is 0 Å². The van der Waals surface area contributed by atoms with E-state index in [1.807, 2.05) is 23.6 Å². The molecule has 0 unspecified atom stereocenters. The second kappa shape index (κ2) is 6.29. The van der Waals surface area contributed by atoms with E-state index in [4.69, 9.17) is 0 Å². The third kappa shape index (κ3) is 2.96. The maximum Gasteiger partial charge on any atom is 0.285 e. The van der Waals surface area contributed by atoms with Gasteiger partial charge in [0.25, 0.3) is 10.0 Å². The molecule has 0 aliphatic rings. The third-order valence-corrected chi connectivity index (χ3v) is 6.16. The summed E-state index contributed by atoms with van der Waals surface area (Å²) in [6.45, 7) is 4.79. The molecular formula is C17H18N2O2S2. The lowest BCUT2D eigenvalue weighted by Crippen LogP contribution is -2.16. The zero-order chi connectivity index (χ0) is 16.4. The number of aromatic nitrogens is 1. The zero-order valence-corrected chi connectivity index (χ0v) is 14.7. The largest absolute Gasteiger partial charge is 0.316 e. The first-order chi connectivity index (χ1) is 11.1. The summed E-state index contributed by atoms with van der Waals surface area (Å²) in [7, 11) is -3.70. The van der Waals surface area contributed by atoms with E-state index in [9.17, 15) is 8.42 Å². The lowest BCUT2D eigenvalue weighted by Gasteiger charge is -2.05. The Labute approximate surface area is 139 Å². The van der Waals surface area contributed by atoms with Gasteiger partial charge >= 0.3 is 0 Å². The van der Waals surface area contributed by atoms with E-state index < -0.39 is 10.0 Å². The van der Waals surface area contributed by atoms with Crippen molar-refractivity contribution in [1.82, 2.24) is 4.57 Å². The molecule has 1 aromatic heterocycles. The molecule has 0 aliphatic carbocycles. The number of benzene rings is 2. The third-order valence-electron chi connectivity index (χ3n) is 3.72. The lowest BCUT2D eigenvalue weighted by molar-refractivity contribution is 0.595. The van der Waals surface area contributed by atoms with E-state index in [0.717, 1.165) is 16.6 Å². The minimum atomic E-state index is -3.70. The van der Waals surface area contributed by atoms with E-state index in [1.165, 1.54) is 16.9 Å². The Morgan fingerprint density at radius 3 is 2.43 bits per heavy atom. The van der Waals surface area contributed by atoms with E-state index in [2.05, 4.69) is 17.4 Å². The van der Waals surface area contributed by atoms with Crippen LogP contribution in [0, 0.1) is 0 Å². The molecule has 0 atom stereocenters. The fourth-order valence-corrected chi connectivity index (χ4v) is 4.97. The molecule has 0 radical (unpaired) electrons. The molecule has 23 heavy (non-hydrogen) atoms. The summed E-state index contributed by atoms with van der Waals surface area (Å²) in [5.74, 6) is 0. The molecular weight excluding hydrogens is 328 g/mol. The molecule has 6 heteroatoms.